The third-order valence-electron chi connectivity index (χ3n) is 3.41. The van der Waals surface area contributed by atoms with Gasteiger partial charge in [-0.05, 0) is 25.8 Å². The van der Waals surface area contributed by atoms with Gasteiger partial charge in [-0.3, -0.25) is 10.1 Å². The van der Waals surface area contributed by atoms with E-state index in [1.54, 1.807) is 0 Å². The van der Waals surface area contributed by atoms with E-state index in [1.165, 1.54) is 6.33 Å². The predicted octanol–water partition coefficient (Wildman–Crippen LogP) is 3.00. The SMILES string of the molecule is CC(C)Cc1nc2cnc(-c3ncn[nH]3)cc2n1C(C)C. The van der Waals surface area contributed by atoms with E-state index in [0.29, 0.717) is 17.8 Å². The quantitative estimate of drug-likeness (QED) is 0.799. The minimum Gasteiger partial charge on any atom is -0.325 e. The number of aromatic nitrogens is 6. The van der Waals surface area contributed by atoms with E-state index >= 15 is 0 Å². The van der Waals surface area contributed by atoms with Crippen molar-refractivity contribution in [3.63, 3.8) is 0 Å². The smallest absolute Gasteiger partial charge is 0.174 e. The second-order valence-corrected chi connectivity index (χ2v) is 5.98. The van der Waals surface area contributed by atoms with E-state index < -0.39 is 0 Å². The Balaban J connectivity index is 2.17. The van der Waals surface area contributed by atoms with E-state index in [0.717, 1.165) is 29.0 Å². The third-order valence-corrected chi connectivity index (χ3v) is 3.41. The Morgan fingerprint density at radius 1 is 1.19 bits per heavy atom. The maximum Gasteiger partial charge on any atom is 0.174 e. The van der Waals surface area contributed by atoms with Crippen molar-refractivity contribution in [1.29, 1.82) is 0 Å². The number of aromatic amines is 1. The number of imidazole rings is 1. The molecular formula is C15H20N6. The van der Waals surface area contributed by atoms with Crippen LogP contribution in [0.3, 0.4) is 0 Å². The zero-order valence-electron chi connectivity index (χ0n) is 12.8. The molecule has 6 heteroatoms. The van der Waals surface area contributed by atoms with Crippen molar-refractivity contribution in [1.82, 2.24) is 29.7 Å². The maximum absolute atomic E-state index is 4.75. The van der Waals surface area contributed by atoms with Crippen LogP contribution in [-0.4, -0.2) is 29.7 Å². The Morgan fingerprint density at radius 2 is 2.00 bits per heavy atom. The van der Waals surface area contributed by atoms with Gasteiger partial charge in [0.1, 0.15) is 23.4 Å². The van der Waals surface area contributed by atoms with Crippen LogP contribution in [0.1, 0.15) is 39.6 Å². The summed E-state index contributed by atoms with van der Waals surface area (Å²) < 4.78 is 2.29. The molecule has 0 aromatic carbocycles. The zero-order chi connectivity index (χ0) is 15.0. The summed E-state index contributed by atoms with van der Waals surface area (Å²) in [6.07, 6.45) is 4.27. The molecule has 21 heavy (non-hydrogen) atoms. The summed E-state index contributed by atoms with van der Waals surface area (Å²) in [6.45, 7) is 8.78. The molecule has 0 atom stereocenters. The molecule has 0 aliphatic heterocycles. The summed E-state index contributed by atoms with van der Waals surface area (Å²) in [6, 6.07) is 2.39. The Morgan fingerprint density at radius 3 is 2.62 bits per heavy atom. The third kappa shape index (κ3) is 2.53. The number of nitrogens with one attached hydrogen (secondary N) is 1. The molecule has 3 rings (SSSR count). The molecule has 0 amide bonds. The molecule has 3 heterocycles. The molecule has 0 radical (unpaired) electrons. The zero-order valence-corrected chi connectivity index (χ0v) is 12.8. The van der Waals surface area contributed by atoms with Gasteiger partial charge in [0, 0.05) is 12.5 Å². The van der Waals surface area contributed by atoms with E-state index in [4.69, 9.17) is 4.98 Å². The van der Waals surface area contributed by atoms with Crippen molar-refractivity contribution >= 4 is 11.0 Å². The van der Waals surface area contributed by atoms with Crippen LogP contribution in [0.2, 0.25) is 0 Å². The molecule has 0 unspecified atom stereocenters. The van der Waals surface area contributed by atoms with Gasteiger partial charge in [-0.25, -0.2) is 9.97 Å². The largest absolute Gasteiger partial charge is 0.325 e. The van der Waals surface area contributed by atoms with Crippen LogP contribution in [0.25, 0.3) is 22.6 Å². The molecule has 0 saturated heterocycles. The lowest BCUT2D eigenvalue weighted by Crippen LogP contribution is -2.09. The lowest BCUT2D eigenvalue weighted by molar-refractivity contribution is 0.540. The summed E-state index contributed by atoms with van der Waals surface area (Å²) in [5.41, 5.74) is 2.82. The molecule has 0 aliphatic carbocycles. The Bertz CT molecular complexity index is 739. The highest BCUT2D eigenvalue weighted by Crippen LogP contribution is 2.25. The first-order chi connectivity index (χ1) is 10.1. The molecular weight excluding hydrogens is 264 g/mol. The fraction of sp³-hybridized carbons (Fsp3) is 0.467. The van der Waals surface area contributed by atoms with Gasteiger partial charge in [-0.1, -0.05) is 13.8 Å². The highest BCUT2D eigenvalue weighted by Gasteiger charge is 2.16. The average molecular weight is 284 g/mol. The number of hydrogen-bond donors (Lipinski definition) is 1. The Hall–Kier alpha value is -2.24. The van der Waals surface area contributed by atoms with E-state index in [-0.39, 0.29) is 0 Å². The number of H-pyrrole nitrogens is 1. The van der Waals surface area contributed by atoms with Crippen LogP contribution in [-0.2, 0) is 6.42 Å². The first-order valence-electron chi connectivity index (χ1n) is 7.29. The van der Waals surface area contributed by atoms with Crippen LogP contribution in [0.15, 0.2) is 18.6 Å². The minimum atomic E-state index is 0.355. The number of pyridine rings is 1. The highest BCUT2D eigenvalue weighted by atomic mass is 15.2. The van der Waals surface area contributed by atoms with Gasteiger partial charge in [0.25, 0.3) is 0 Å². The first-order valence-corrected chi connectivity index (χ1v) is 7.29. The van der Waals surface area contributed by atoms with Crippen molar-refractivity contribution in [3.8, 4) is 11.5 Å². The van der Waals surface area contributed by atoms with Crippen molar-refractivity contribution in [2.75, 3.05) is 0 Å². The standard InChI is InChI=1S/C15H20N6/c1-9(2)5-14-19-12-7-16-11(15-17-8-18-20-15)6-13(12)21(14)10(3)4/h6-10H,5H2,1-4H3,(H,17,18,20). The molecule has 0 spiro atoms. The van der Waals surface area contributed by atoms with Crippen LogP contribution >= 0.6 is 0 Å². The molecule has 0 saturated carbocycles. The van der Waals surface area contributed by atoms with E-state index in [9.17, 15) is 0 Å². The van der Waals surface area contributed by atoms with Crippen LogP contribution in [0.4, 0.5) is 0 Å². The summed E-state index contributed by atoms with van der Waals surface area (Å²) in [4.78, 5) is 13.3. The normalized spacial score (nSPS) is 11.9. The minimum absolute atomic E-state index is 0.355. The number of nitrogens with zero attached hydrogens (tertiary/aromatic N) is 5. The van der Waals surface area contributed by atoms with Gasteiger partial charge in [0.15, 0.2) is 5.82 Å². The summed E-state index contributed by atoms with van der Waals surface area (Å²) in [7, 11) is 0. The van der Waals surface area contributed by atoms with Gasteiger partial charge >= 0.3 is 0 Å². The molecule has 3 aromatic rings. The predicted molar refractivity (Wildman–Crippen MR) is 81.8 cm³/mol. The van der Waals surface area contributed by atoms with Crippen molar-refractivity contribution < 1.29 is 0 Å². The van der Waals surface area contributed by atoms with Crippen molar-refractivity contribution in [2.45, 2.75) is 40.2 Å². The summed E-state index contributed by atoms with van der Waals surface area (Å²) in [5.74, 6) is 2.37. The number of fused-ring (bicyclic) bond motifs is 1. The second kappa shape index (κ2) is 5.27. The fourth-order valence-corrected chi connectivity index (χ4v) is 2.59. The van der Waals surface area contributed by atoms with Gasteiger partial charge in [0.2, 0.25) is 0 Å². The Kier molecular flexibility index (Phi) is 3.45. The maximum atomic E-state index is 4.75. The number of hydrogen-bond acceptors (Lipinski definition) is 4. The van der Waals surface area contributed by atoms with Gasteiger partial charge in [-0.2, -0.15) is 5.10 Å². The monoisotopic (exact) mass is 284 g/mol. The second-order valence-electron chi connectivity index (χ2n) is 5.98. The van der Waals surface area contributed by atoms with Crippen LogP contribution in [0.5, 0.6) is 0 Å². The first kappa shape index (κ1) is 13.7. The lowest BCUT2D eigenvalue weighted by atomic mass is 10.1. The van der Waals surface area contributed by atoms with Crippen molar-refractivity contribution in [3.05, 3.63) is 24.4 Å². The highest BCUT2D eigenvalue weighted by molar-refractivity contribution is 5.79. The van der Waals surface area contributed by atoms with Gasteiger partial charge in [-0.15, -0.1) is 0 Å². The van der Waals surface area contributed by atoms with Crippen molar-refractivity contribution in [2.24, 2.45) is 5.92 Å². The van der Waals surface area contributed by atoms with Crippen LogP contribution < -0.4 is 0 Å². The van der Waals surface area contributed by atoms with Gasteiger partial charge in [0.05, 0.1) is 11.7 Å². The fourth-order valence-electron chi connectivity index (χ4n) is 2.59. The topological polar surface area (TPSA) is 72.3 Å². The lowest BCUT2D eigenvalue weighted by Gasteiger charge is -2.14. The molecule has 0 fully saturated rings. The Labute approximate surface area is 123 Å². The number of rotatable bonds is 4. The summed E-state index contributed by atoms with van der Waals surface area (Å²) in [5, 5.41) is 6.73. The van der Waals surface area contributed by atoms with Crippen LogP contribution in [0, 0.1) is 5.92 Å². The molecule has 3 aromatic heterocycles. The summed E-state index contributed by atoms with van der Waals surface area (Å²) >= 11 is 0. The molecule has 110 valence electrons. The molecule has 1 N–H and O–H groups in total. The van der Waals surface area contributed by atoms with E-state index in [2.05, 4.69) is 52.4 Å². The molecule has 6 nitrogen and oxygen atoms in total. The molecule has 0 aliphatic rings. The average Bonchev–Trinajstić information content (AvgIpc) is 3.03. The molecule has 0 bridgehead atoms. The van der Waals surface area contributed by atoms with Gasteiger partial charge < -0.3 is 4.57 Å². The van der Waals surface area contributed by atoms with E-state index in [1.807, 2.05) is 12.3 Å².